The zero-order chi connectivity index (χ0) is 13.0. The van der Waals surface area contributed by atoms with Gasteiger partial charge in [0.2, 0.25) is 6.08 Å². The first-order chi connectivity index (χ1) is 8.70. The molecule has 0 aliphatic heterocycles. The highest BCUT2D eigenvalue weighted by Gasteiger charge is 2.38. The molecule has 1 aliphatic rings. The number of hydrogen-bond acceptors (Lipinski definition) is 3. The van der Waals surface area contributed by atoms with E-state index in [9.17, 15) is 4.79 Å². The summed E-state index contributed by atoms with van der Waals surface area (Å²) in [7, 11) is 1.72. The van der Waals surface area contributed by atoms with Crippen LogP contribution in [-0.2, 0) is 21.5 Å². The molecular formula is C15H19NO2. The van der Waals surface area contributed by atoms with Gasteiger partial charge in [0.25, 0.3) is 0 Å². The Morgan fingerprint density at radius 1 is 1.39 bits per heavy atom. The van der Waals surface area contributed by atoms with Crippen molar-refractivity contribution in [3.8, 4) is 0 Å². The Kier molecular flexibility index (Phi) is 3.95. The minimum Gasteiger partial charge on any atom is -0.381 e. The van der Waals surface area contributed by atoms with E-state index in [1.165, 1.54) is 5.56 Å². The minimum atomic E-state index is -0.285. The van der Waals surface area contributed by atoms with Crippen molar-refractivity contribution < 1.29 is 9.53 Å². The second kappa shape index (κ2) is 5.47. The average molecular weight is 245 g/mol. The van der Waals surface area contributed by atoms with E-state index in [4.69, 9.17) is 4.74 Å². The molecule has 0 heterocycles. The summed E-state index contributed by atoms with van der Waals surface area (Å²) < 4.78 is 5.25. The van der Waals surface area contributed by atoms with Gasteiger partial charge in [0, 0.05) is 7.11 Å². The normalized spacial score (nSPS) is 18.6. The van der Waals surface area contributed by atoms with E-state index in [-0.39, 0.29) is 11.6 Å². The van der Waals surface area contributed by atoms with Gasteiger partial charge in [-0.3, -0.25) is 0 Å². The molecule has 0 amide bonds. The molecular weight excluding hydrogens is 226 g/mol. The second-order valence-electron chi connectivity index (χ2n) is 5.04. The molecule has 2 rings (SSSR count). The van der Waals surface area contributed by atoms with Crippen molar-refractivity contribution >= 4 is 6.08 Å². The van der Waals surface area contributed by atoms with Gasteiger partial charge in [-0.15, -0.1) is 0 Å². The number of methoxy groups -OCH3 is 1. The summed E-state index contributed by atoms with van der Waals surface area (Å²) in [5, 5.41) is 0. The molecule has 96 valence electrons. The Balaban J connectivity index is 2.14. The number of aliphatic imine (C=N–C) groups is 1. The zero-order valence-electron chi connectivity index (χ0n) is 11.0. The Morgan fingerprint density at radius 3 is 2.50 bits per heavy atom. The van der Waals surface area contributed by atoms with Crippen LogP contribution < -0.4 is 0 Å². The zero-order valence-corrected chi connectivity index (χ0v) is 11.0. The first-order valence-corrected chi connectivity index (χ1v) is 6.41. The van der Waals surface area contributed by atoms with Gasteiger partial charge < -0.3 is 4.74 Å². The van der Waals surface area contributed by atoms with Crippen molar-refractivity contribution in [3.63, 3.8) is 0 Å². The van der Waals surface area contributed by atoms with E-state index >= 15 is 0 Å². The lowest BCUT2D eigenvalue weighted by Gasteiger charge is -2.37. The molecule has 0 radical (unpaired) electrons. The number of carbonyl (C=O) groups excluding carboxylic acids is 1. The summed E-state index contributed by atoms with van der Waals surface area (Å²) in [6.07, 6.45) is 5.89. The van der Waals surface area contributed by atoms with Gasteiger partial charge in [0.1, 0.15) is 0 Å². The highest BCUT2D eigenvalue weighted by molar-refractivity contribution is 5.40. The van der Waals surface area contributed by atoms with Crippen LogP contribution in [0, 0.1) is 0 Å². The fourth-order valence-corrected chi connectivity index (χ4v) is 2.43. The van der Waals surface area contributed by atoms with Crippen LogP contribution in [0.25, 0.3) is 0 Å². The average Bonchev–Trinajstić information content (AvgIpc) is 2.35. The van der Waals surface area contributed by atoms with E-state index in [1.807, 2.05) is 0 Å². The highest BCUT2D eigenvalue weighted by atomic mass is 16.5. The maximum atomic E-state index is 10.5. The van der Waals surface area contributed by atoms with Gasteiger partial charge in [-0.1, -0.05) is 24.3 Å². The highest BCUT2D eigenvalue weighted by Crippen LogP contribution is 2.44. The molecule has 1 unspecified atom stereocenters. The van der Waals surface area contributed by atoms with Crippen LogP contribution in [0.5, 0.6) is 0 Å². The van der Waals surface area contributed by atoms with Crippen LogP contribution in [0.2, 0.25) is 0 Å². The third kappa shape index (κ3) is 2.53. The third-order valence-electron chi connectivity index (χ3n) is 3.86. The summed E-state index contributed by atoms with van der Waals surface area (Å²) in [5.74, 6) is 0. The molecule has 1 fully saturated rings. The molecule has 3 heteroatoms. The van der Waals surface area contributed by atoms with Crippen LogP contribution in [-0.4, -0.2) is 19.3 Å². The number of hydrogen-bond donors (Lipinski definition) is 0. The minimum absolute atomic E-state index is 0.224. The van der Waals surface area contributed by atoms with Gasteiger partial charge in [-0.2, -0.15) is 4.99 Å². The van der Waals surface area contributed by atoms with Crippen molar-refractivity contribution in [2.75, 3.05) is 7.11 Å². The van der Waals surface area contributed by atoms with Gasteiger partial charge in [-0.25, -0.2) is 4.79 Å². The molecule has 1 saturated carbocycles. The Bertz CT molecular complexity index is 442. The molecule has 0 spiro atoms. The molecule has 0 bridgehead atoms. The standard InChI is InChI=1S/C15H19NO2/c1-12(18-2)10-13-4-6-14(7-5-13)15(16-11-17)8-3-9-15/h4-7,12H,3,8-10H2,1-2H3. The lowest BCUT2D eigenvalue weighted by Crippen LogP contribution is -2.31. The van der Waals surface area contributed by atoms with E-state index < -0.39 is 0 Å². The second-order valence-corrected chi connectivity index (χ2v) is 5.04. The maximum Gasteiger partial charge on any atom is 0.235 e. The van der Waals surface area contributed by atoms with E-state index in [1.54, 1.807) is 13.2 Å². The van der Waals surface area contributed by atoms with Gasteiger partial charge in [0.15, 0.2) is 0 Å². The maximum absolute atomic E-state index is 10.5. The van der Waals surface area contributed by atoms with Crippen LogP contribution in [0.15, 0.2) is 29.3 Å². The third-order valence-corrected chi connectivity index (χ3v) is 3.86. The van der Waals surface area contributed by atoms with Crippen molar-refractivity contribution in [2.24, 2.45) is 4.99 Å². The van der Waals surface area contributed by atoms with Gasteiger partial charge >= 0.3 is 0 Å². The smallest absolute Gasteiger partial charge is 0.235 e. The molecule has 0 N–H and O–H groups in total. The Morgan fingerprint density at radius 2 is 2.06 bits per heavy atom. The van der Waals surface area contributed by atoms with Gasteiger partial charge in [0.05, 0.1) is 11.6 Å². The molecule has 0 saturated heterocycles. The molecule has 18 heavy (non-hydrogen) atoms. The molecule has 0 aromatic heterocycles. The summed E-state index contributed by atoms with van der Waals surface area (Å²) in [5.41, 5.74) is 2.09. The van der Waals surface area contributed by atoms with E-state index in [0.29, 0.717) is 0 Å². The molecule has 1 aromatic carbocycles. The number of rotatable bonds is 5. The molecule has 3 nitrogen and oxygen atoms in total. The predicted octanol–water partition coefficient (Wildman–Crippen LogP) is 2.98. The summed E-state index contributed by atoms with van der Waals surface area (Å²) in [4.78, 5) is 14.5. The van der Waals surface area contributed by atoms with Crippen LogP contribution in [0.1, 0.15) is 37.3 Å². The SMILES string of the molecule is COC(C)Cc1ccc(C2(N=C=O)CCC2)cc1. The quantitative estimate of drug-likeness (QED) is 0.591. The largest absolute Gasteiger partial charge is 0.381 e. The van der Waals surface area contributed by atoms with Crippen LogP contribution in [0.3, 0.4) is 0 Å². The number of benzene rings is 1. The van der Waals surface area contributed by atoms with Crippen LogP contribution >= 0.6 is 0 Å². The Hall–Kier alpha value is -1.44. The van der Waals surface area contributed by atoms with Crippen molar-refractivity contribution in [1.82, 2.24) is 0 Å². The number of ether oxygens (including phenoxy) is 1. The van der Waals surface area contributed by atoms with Crippen molar-refractivity contribution in [1.29, 1.82) is 0 Å². The number of nitrogens with zero attached hydrogens (tertiary/aromatic N) is 1. The van der Waals surface area contributed by atoms with Gasteiger partial charge in [-0.05, 0) is 43.7 Å². The molecule has 1 aromatic rings. The van der Waals surface area contributed by atoms with Crippen molar-refractivity contribution in [2.45, 2.75) is 44.2 Å². The molecule has 1 aliphatic carbocycles. The predicted molar refractivity (Wildman–Crippen MR) is 70.3 cm³/mol. The lowest BCUT2D eigenvalue weighted by molar-refractivity contribution is 0.119. The summed E-state index contributed by atoms with van der Waals surface area (Å²) in [6.45, 7) is 2.05. The lowest BCUT2D eigenvalue weighted by atomic mass is 9.72. The Labute approximate surface area is 108 Å². The first kappa shape index (κ1) is 13.0. The number of isocyanates is 1. The van der Waals surface area contributed by atoms with E-state index in [0.717, 1.165) is 31.2 Å². The topological polar surface area (TPSA) is 38.7 Å². The summed E-state index contributed by atoms with van der Waals surface area (Å²) >= 11 is 0. The first-order valence-electron chi connectivity index (χ1n) is 6.41. The van der Waals surface area contributed by atoms with E-state index in [2.05, 4.69) is 36.2 Å². The van der Waals surface area contributed by atoms with Crippen molar-refractivity contribution in [3.05, 3.63) is 35.4 Å². The fraction of sp³-hybridized carbons (Fsp3) is 0.533. The fourth-order valence-electron chi connectivity index (χ4n) is 2.43. The monoisotopic (exact) mass is 245 g/mol. The summed E-state index contributed by atoms with van der Waals surface area (Å²) in [6, 6.07) is 8.37. The van der Waals surface area contributed by atoms with Crippen LogP contribution in [0.4, 0.5) is 0 Å². The molecule has 1 atom stereocenters.